The van der Waals surface area contributed by atoms with Crippen molar-refractivity contribution in [3.8, 4) is 0 Å². The average molecular weight is 267 g/mol. The number of rotatable bonds is 6. The number of aliphatic carboxylic acids is 2. The second-order valence-corrected chi connectivity index (χ2v) is 2.74. The minimum atomic E-state index is -1.56. The Hall–Kier alpha value is 0.860. The molecular weight excluding hydrogens is 248 g/mol. The van der Waals surface area contributed by atoms with Crippen LogP contribution in [-0.4, -0.2) is 106 Å². The zero-order chi connectivity index (χ0) is 12.3. The summed E-state index contributed by atoms with van der Waals surface area (Å²) in [5.74, 6) is -2.50. The number of carboxylic acids is 2. The first-order valence-corrected chi connectivity index (χ1v) is 4.79. The van der Waals surface area contributed by atoms with Crippen molar-refractivity contribution in [2.75, 3.05) is 13.1 Å². The molecule has 4 N–H and O–H groups in total. The fraction of sp³-hybridized carbons (Fsp3) is 0.778. The van der Waals surface area contributed by atoms with E-state index in [9.17, 15) is 9.59 Å². The molecule has 2 radical (unpaired) electrons. The van der Waals surface area contributed by atoms with Crippen LogP contribution in [0.25, 0.3) is 0 Å². The Labute approximate surface area is 146 Å². The first-order chi connectivity index (χ1) is 6.95. The van der Waals surface area contributed by atoms with Crippen LogP contribution in [0.15, 0.2) is 0 Å². The quantitative estimate of drug-likeness (QED) is 0.467. The second kappa shape index (κ2) is 19.2. The van der Waals surface area contributed by atoms with E-state index < -0.39 is 18.0 Å². The molecule has 0 saturated carbocycles. The summed E-state index contributed by atoms with van der Waals surface area (Å²) in [4.78, 5) is 19.7. The molecule has 0 amide bonds. The minimum Gasteiger partial charge on any atom is -0.481 e. The predicted molar refractivity (Wildman–Crippen MR) is 66.2 cm³/mol. The van der Waals surface area contributed by atoms with Crippen LogP contribution in [0, 0.1) is 0 Å². The van der Waals surface area contributed by atoms with E-state index in [-0.39, 0.29) is 72.0 Å². The number of aliphatic hydroxyl groups is 1. The first-order valence-electron chi connectivity index (χ1n) is 4.79. The number of carboxylic acid groups (broad SMARTS) is 2. The molecule has 0 saturated heterocycles. The van der Waals surface area contributed by atoms with Gasteiger partial charge >= 0.3 is 11.9 Å². The van der Waals surface area contributed by atoms with E-state index in [0.29, 0.717) is 0 Å². The standard InChI is InChI=1S/C5H8O5.C4H11N.2Na/c6-3(5(9)10)1-2-4(7)8;1-3-5-4-2;;/h3,6H,1-2H2,(H,7,8)(H,9,10);5H,3-4H2,1-2H3;;. The molecule has 1 atom stereocenters. The maximum absolute atomic E-state index is 9.87. The molecular formula is C9H19NNa2O5. The Balaban J connectivity index is -0.000000105. The van der Waals surface area contributed by atoms with E-state index in [1.165, 1.54) is 0 Å². The second-order valence-electron chi connectivity index (χ2n) is 2.74. The van der Waals surface area contributed by atoms with Gasteiger partial charge in [0.15, 0.2) is 6.10 Å². The Morgan fingerprint density at radius 2 is 1.53 bits per heavy atom. The number of aliphatic hydroxyl groups excluding tert-OH is 1. The van der Waals surface area contributed by atoms with Crippen LogP contribution < -0.4 is 5.32 Å². The van der Waals surface area contributed by atoms with E-state index in [1.807, 2.05) is 0 Å². The van der Waals surface area contributed by atoms with Crippen molar-refractivity contribution in [2.45, 2.75) is 32.8 Å². The van der Waals surface area contributed by atoms with E-state index in [4.69, 9.17) is 15.3 Å². The Morgan fingerprint density at radius 3 is 1.71 bits per heavy atom. The van der Waals surface area contributed by atoms with E-state index in [1.54, 1.807) is 0 Å². The monoisotopic (exact) mass is 267 g/mol. The Morgan fingerprint density at radius 1 is 1.12 bits per heavy atom. The maximum atomic E-state index is 9.87. The summed E-state index contributed by atoms with van der Waals surface area (Å²) in [6.45, 7) is 6.39. The molecule has 0 aromatic rings. The van der Waals surface area contributed by atoms with Gasteiger partial charge in [-0.25, -0.2) is 4.79 Å². The van der Waals surface area contributed by atoms with Crippen LogP contribution in [0.1, 0.15) is 26.7 Å². The van der Waals surface area contributed by atoms with Gasteiger partial charge in [0.1, 0.15) is 0 Å². The van der Waals surface area contributed by atoms with E-state index in [0.717, 1.165) is 13.1 Å². The zero-order valence-electron chi connectivity index (χ0n) is 11.1. The SMILES string of the molecule is CCNCC.O=C(O)CCC(O)C(=O)O.[Na].[Na]. The van der Waals surface area contributed by atoms with E-state index >= 15 is 0 Å². The van der Waals surface area contributed by atoms with Crippen LogP contribution >= 0.6 is 0 Å². The number of nitrogens with one attached hydrogen (secondary N) is 1. The fourth-order valence-electron chi connectivity index (χ4n) is 0.634. The van der Waals surface area contributed by atoms with Gasteiger partial charge in [0.25, 0.3) is 0 Å². The molecule has 0 aliphatic rings. The Kier molecular flexibility index (Phi) is 29.9. The van der Waals surface area contributed by atoms with Crippen molar-refractivity contribution >= 4 is 71.1 Å². The molecule has 0 heterocycles. The zero-order valence-corrected chi connectivity index (χ0v) is 15.1. The third-order valence-electron chi connectivity index (χ3n) is 1.42. The van der Waals surface area contributed by atoms with Gasteiger partial charge in [-0.1, -0.05) is 13.8 Å². The van der Waals surface area contributed by atoms with Gasteiger partial charge in [-0.05, 0) is 19.5 Å². The van der Waals surface area contributed by atoms with Crippen LogP contribution in [0.3, 0.4) is 0 Å². The van der Waals surface area contributed by atoms with Gasteiger partial charge in [0.05, 0.1) is 0 Å². The smallest absolute Gasteiger partial charge is 0.332 e. The maximum Gasteiger partial charge on any atom is 0.332 e. The topological polar surface area (TPSA) is 107 Å². The van der Waals surface area contributed by atoms with Crippen molar-refractivity contribution in [3.63, 3.8) is 0 Å². The van der Waals surface area contributed by atoms with Gasteiger partial charge in [-0.3, -0.25) is 4.79 Å². The number of carbonyl (C=O) groups is 2. The normalized spacial score (nSPS) is 9.82. The first kappa shape index (κ1) is 26.4. The van der Waals surface area contributed by atoms with Crippen molar-refractivity contribution in [1.82, 2.24) is 5.32 Å². The molecule has 0 fully saturated rings. The number of hydrogen-bond acceptors (Lipinski definition) is 4. The predicted octanol–water partition coefficient (Wildman–Crippen LogP) is -0.849. The summed E-state index contributed by atoms with van der Waals surface area (Å²) in [6, 6.07) is 0. The molecule has 0 spiro atoms. The van der Waals surface area contributed by atoms with Gasteiger partial charge in [-0.2, -0.15) is 0 Å². The van der Waals surface area contributed by atoms with Crippen molar-refractivity contribution in [1.29, 1.82) is 0 Å². The van der Waals surface area contributed by atoms with Crippen LogP contribution in [0.5, 0.6) is 0 Å². The average Bonchev–Trinajstić information content (AvgIpc) is 2.16. The molecule has 0 rings (SSSR count). The summed E-state index contributed by atoms with van der Waals surface area (Å²) >= 11 is 0. The van der Waals surface area contributed by atoms with Crippen molar-refractivity contribution < 1.29 is 24.9 Å². The molecule has 17 heavy (non-hydrogen) atoms. The molecule has 0 bridgehead atoms. The molecule has 8 heteroatoms. The largest absolute Gasteiger partial charge is 0.481 e. The molecule has 0 aromatic carbocycles. The van der Waals surface area contributed by atoms with Gasteiger partial charge in [0.2, 0.25) is 0 Å². The fourth-order valence-corrected chi connectivity index (χ4v) is 0.634. The summed E-state index contributed by atoms with van der Waals surface area (Å²) in [6.07, 6.45) is -2.13. The third kappa shape index (κ3) is 26.5. The van der Waals surface area contributed by atoms with E-state index in [2.05, 4.69) is 19.2 Å². The minimum absolute atomic E-state index is 0. The van der Waals surface area contributed by atoms with Gasteiger partial charge in [0, 0.05) is 65.5 Å². The summed E-state index contributed by atoms with van der Waals surface area (Å²) in [5.41, 5.74) is 0. The molecule has 0 aromatic heterocycles. The Bertz CT molecular complexity index is 190. The number of hydrogen-bond donors (Lipinski definition) is 4. The van der Waals surface area contributed by atoms with Gasteiger partial charge in [-0.15, -0.1) is 0 Å². The summed E-state index contributed by atoms with van der Waals surface area (Å²) < 4.78 is 0. The molecule has 0 aliphatic carbocycles. The van der Waals surface area contributed by atoms with Crippen molar-refractivity contribution in [2.24, 2.45) is 0 Å². The molecule has 6 nitrogen and oxygen atoms in total. The van der Waals surface area contributed by atoms with Crippen LogP contribution in [0.4, 0.5) is 0 Å². The summed E-state index contributed by atoms with van der Waals surface area (Å²) in [7, 11) is 0. The third-order valence-corrected chi connectivity index (χ3v) is 1.42. The van der Waals surface area contributed by atoms with Crippen LogP contribution in [-0.2, 0) is 9.59 Å². The molecule has 92 valence electrons. The summed E-state index contributed by atoms with van der Waals surface area (Å²) in [5, 5.41) is 27.7. The van der Waals surface area contributed by atoms with Gasteiger partial charge < -0.3 is 20.6 Å². The molecule has 1 unspecified atom stereocenters. The van der Waals surface area contributed by atoms with Crippen LogP contribution in [0.2, 0.25) is 0 Å². The molecule has 0 aliphatic heterocycles. The van der Waals surface area contributed by atoms with Crippen molar-refractivity contribution in [3.05, 3.63) is 0 Å².